The van der Waals surface area contributed by atoms with Crippen LogP contribution in [0.3, 0.4) is 0 Å². The van der Waals surface area contributed by atoms with E-state index in [1.165, 1.54) is 0 Å². The maximum atomic E-state index is 5.23. The molecule has 0 aromatic carbocycles. The monoisotopic (exact) mass is 242 g/mol. The summed E-state index contributed by atoms with van der Waals surface area (Å²) in [5, 5.41) is 7.13. The largest absolute Gasteiger partial charge is 0.303 e. The van der Waals surface area contributed by atoms with Crippen LogP contribution in [-0.4, -0.2) is 39.3 Å². The molecule has 0 aliphatic carbocycles. The van der Waals surface area contributed by atoms with Crippen molar-refractivity contribution in [3.8, 4) is 0 Å². The van der Waals surface area contributed by atoms with Crippen molar-refractivity contribution in [3.63, 3.8) is 0 Å². The zero-order chi connectivity index (χ0) is 12.1. The van der Waals surface area contributed by atoms with Crippen molar-refractivity contribution in [2.24, 2.45) is 0 Å². The van der Waals surface area contributed by atoms with Crippen LogP contribution in [0.5, 0.6) is 0 Å². The van der Waals surface area contributed by atoms with Gasteiger partial charge in [0.1, 0.15) is 5.82 Å². The van der Waals surface area contributed by atoms with Gasteiger partial charge in [-0.2, -0.15) is 5.10 Å². The van der Waals surface area contributed by atoms with E-state index in [-0.39, 0.29) is 0 Å². The molecule has 0 saturated carbocycles. The van der Waals surface area contributed by atoms with E-state index < -0.39 is 0 Å². The summed E-state index contributed by atoms with van der Waals surface area (Å²) in [6.07, 6.45) is 2.08. The molecule has 0 unspecified atom stereocenters. The number of nitrogens with one attached hydrogen (secondary N) is 1. The topological polar surface area (TPSA) is 36.9 Å². The predicted molar refractivity (Wildman–Crippen MR) is 69.2 cm³/mol. The zero-order valence-electron chi connectivity index (χ0n) is 10.7. The Kier molecular flexibility index (Phi) is 5.15. The first-order chi connectivity index (χ1) is 7.56. The number of aryl methyl sites for hydroxylation is 1. The molecule has 4 nitrogen and oxygen atoms in total. The van der Waals surface area contributed by atoms with Crippen LogP contribution in [0.4, 0.5) is 0 Å². The van der Waals surface area contributed by atoms with Gasteiger partial charge in [0.05, 0.1) is 0 Å². The molecule has 0 radical (unpaired) electrons. The average molecular weight is 242 g/mol. The number of likely N-dealkylation sites (N-methyl/N-ethyl adjacent to an activating group) is 1. The van der Waals surface area contributed by atoms with Gasteiger partial charge in [-0.25, -0.2) is 0 Å². The molecule has 0 spiro atoms. The van der Waals surface area contributed by atoms with Crippen LogP contribution in [0.25, 0.3) is 0 Å². The summed E-state index contributed by atoms with van der Waals surface area (Å²) in [5.41, 5.74) is 0. The first-order valence-electron chi connectivity index (χ1n) is 5.90. The third kappa shape index (κ3) is 3.42. The quantitative estimate of drug-likeness (QED) is 0.777. The van der Waals surface area contributed by atoms with E-state index in [9.17, 15) is 0 Å². The van der Waals surface area contributed by atoms with Crippen LogP contribution >= 0.6 is 12.2 Å². The number of hydrogen-bond donors (Lipinski definition) is 1. The number of aromatic nitrogens is 3. The fraction of sp³-hybridized carbons (Fsp3) is 0.818. The number of H-pyrrole nitrogens is 1. The second-order valence-corrected chi connectivity index (χ2v) is 4.81. The normalized spacial score (nSPS) is 11.6. The van der Waals surface area contributed by atoms with Crippen molar-refractivity contribution in [2.75, 3.05) is 13.6 Å². The lowest BCUT2D eigenvalue weighted by Crippen LogP contribution is -2.30. The lowest BCUT2D eigenvalue weighted by atomic mass is 10.3. The van der Waals surface area contributed by atoms with Gasteiger partial charge in [-0.3, -0.25) is 5.10 Å². The van der Waals surface area contributed by atoms with Crippen molar-refractivity contribution >= 4 is 12.2 Å². The highest BCUT2D eigenvalue weighted by Gasteiger charge is 2.07. The Morgan fingerprint density at radius 3 is 2.75 bits per heavy atom. The number of rotatable bonds is 6. The van der Waals surface area contributed by atoms with Crippen molar-refractivity contribution < 1.29 is 0 Å². The Hall–Kier alpha value is -0.680. The van der Waals surface area contributed by atoms with E-state index in [2.05, 4.69) is 47.5 Å². The molecule has 92 valence electrons. The second kappa shape index (κ2) is 6.15. The minimum absolute atomic E-state index is 0.565. The van der Waals surface area contributed by atoms with E-state index in [1.54, 1.807) is 0 Å². The fourth-order valence-electron chi connectivity index (χ4n) is 1.51. The smallest absolute Gasteiger partial charge is 0.195 e. The Labute approximate surface area is 103 Å². The number of aromatic amines is 1. The predicted octanol–water partition coefficient (Wildman–Crippen LogP) is 2.23. The molecule has 1 N–H and O–H groups in total. The molecule has 1 heterocycles. The van der Waals surface area contributed by atoms with Gasteiger partial charge >= 0.3 is 0 Å². The van der Waals surface area contributed by atoms with Crippen LogP contribution in [-0.2, 0) is 13.0 Å². The van der Waals surface area contributed by atoms with Crippen LogP contribution in [0.1, 0.15) is 33.0 Å². The van der Waals surface area contributed by atoms with Crippen LogP contribution in [0.2, 0.25) is 0 Å². The van der Waals surface area contributed by atoms with Gasteiger partial charge in [-0.05, 0) is 39.5 Å². The molecule has 0 atom stereocenters. The standard InChI is InChI=1S/C11H22N4S/c1-5-6-10-12-13-11(16)15(10)8-7-14(4)9(2)3/h9H,5-8H2,1-4H3,(H,13,16). The van der Waals surface area contributed by atoms with Crippen molar-refractivity contribution in [1.29, 1.82) is 0 Å². The summed E-state index contributed by atoms with van der Waals surface area (Å²) in [4.78, 5) is 2.31. The molecule has 1 rings (SSSR count). The SMILES string of the molecule is CCCc1n[nH]c(=S)n1CCN(C)C(C)C. The summed E-state index contributed by atoms with van der Waals surface area (Å²) in [6.45, 7) is 8.47. The molecule has 0 aliphatic rings. The maximum Gasteiger partial charge on any atom is 0.195 e. The molecule has 0 bridgehead atoms. The van der Waals surface area contributed by atoms with E-state index in [0.717, 1.165) is 36.5 Å². The Bertz CT molecular complexity index is 366. The molecular weight excluding hydrogens is 220 g/mol. The highest BCUT2D eigenvalue weighted by atomic mass is 32.1. The van der Waals surface area contributed by atoms with E-state index in [1.807, 2.05) is 0 Å². The molecule has 0 saturated heterocycles. The van der Waals surface area contributed by atoms with E-state index >= 15 is 0 Å². The van der Waals surface area contributed by atoms with E-state index in [4.69, 9.17) is 12.2 Å². The van der Waals surface area contributed by atoms with Gasteiger partial charge in [0, 0.05) is 25.6 Å². The van der Waals surface area contributed by atoms with Gasteiger partial charge < -0.3 is 9.47 Å². The van der Waals surface area contributed by atoms with E-state index in [0.29, 0.717) is 6.04 Å². The average Bonchev–Trinajstić information content (AvgIpc) is 2.57. The molecular formula is C11H22N4S. The van der Waals surface area contributed by atoms with Crippen LogP contribution in [0, 0.1) is 4.77 Å². The molecule has 0 fully saturated rings. The minimum Gasteiger partial charge on any atom is -0.303 e. The minimum atomic E-state index is 0.565. The summed E-state index contributed by atoms with van der Waals surface area (Å²) in [6, 6.07) is 0.565. The Balaban J connectivity index is 2.65. The fourth-order valence-corrected chi connectivity index (χ4v) is 1.75. The number of nitrogens with zero attached hydrogens (tertiary/aromatic N) is 3. The molecule has 1 aromatic rings. The lowest BCUT2D eigenvalue weighted by molar-refractivity contribution is 0.261. The number of hydrogen-bond acceptors (Lipinski definition) is 3. The second-order valence-electron chi connectivity index (χ2n) is 4.42. The third-order valence-corrected chi connectivity index (χ3v) is 3.18. The highest BCUT2D eigenvalue weighted by Crippen LogP contribution is 2.03. The summed E-state index contributed by atoms with van der Waals surface area (Å²) in [5.74, 6) is 1.07. The third-order valence-electron chi connectivity index (χ3n) is 2.87. The summed E-state index contributed by atoms with van der Waals surface area (Å²) in [7, 11) is 2.13. The highest BCUT2D eigenvalue weighted by molar-refractivity contribution is 7.71. The Morgan fingerprint density at radius 1 is 1.50 bits per heavy atom. The van der Waals surface area contributed by atoms with Gasteiger partial charge in [0.25, 0.3) is 0 Å². The van der Waals surface area contributed by atoms with Gasteiger partial charge in [-0.15, -0.1) is 0 Å². The lowest BCUT2D eigenvalue weighted by Gasteiger charge is -2.21. The molecule has 0 aliphatic heterocycles. The van der Waals surface area contributed by atoms with Crippen molar-refractivity contribution in [1.82, 2.24) is 19.7 Å². The molecule has 5 heteroatoms. The first-order valence-corrected chi connectivity index (χ1v) is 6.31. The van der Waals surface area contributed by atoms with Gasteiger partial charge in [-0.1, -0.05) is 6.92 Å². The van der Waals surface area contributed by atoms with Gasteiger partial charge in [0.2, 0.25) is 0 Å². The summed E-state index contributed by atoms with van der Waals surface area (Å²) < 4.78 is 2.85. The van der Waals surface area contributed by atoms with Gasteiger partial charge in [0.15, 0.2) is 4.77 Å². The molecule has 16 heavy (non-hydrogen) atoms. The Morgan fingerprint density at radius 2 is 2.19 bits per heavy atom. The summed E-state index contributed by atoms with van der Waals surface area (Å²) >= 11 is 5.23. The first kappa shape index (κ1) is 13.4. The van der Waals surface area contributed by atoms with Crippen molar-refractivity contribution in [3.05, 3.63) is 10.6 Å². The van der Waals surface area contributed by atoms with Crippen LogP contribution < -0.4 is 0 Å². The maximum absolute atomic E-state index is 5.23. The molecule has 0 amide bonds. The zero-order valence-corrected chi connectivity index (χ0v) is 11.5. The van der Waals surface area contributed by atoms with Crippen molar-refractivity contribution in [2.45, 2.75) is 46.2 Å². The molecule has 1 aromatic heterocycles. The van der Waals surface area contributed by atoms with Crippen LogP contribution in [0.15, 0.2) is 0 Å².